The van der Waals surface area contributed by atoms with E-state index in [9.17, 15) is 33.6 Å². The first-order chi connectivity index (χ1) is 26.4. The number of amides is 3. The number of hydrogen-bond acceptors (Lipinski definition) is 12. The summed E-state index contributed by atoms with van der Waals surface area (Å²) in [6.07, 6.45) is -1.70. The maximum atomic E-state index is 13.9. The van der Waals surface area contributed by atoms with Gasteiger partial charge in [-0.1, -0.05) is 30.3 Å². The van der Waals surface area contributed by atoms with Gasteiger partial charge in [0.25, 0.3) is 5.56 Å². The second kappa shape index (κ2) is 16.7. The molecule has 0 spiro atoms. The van der Waals surface area contributed by atoms with Crippen molar-refractivity contribution < 1.29 is 47.7 Å². The Morgan fingerprint density at radius 1 is 1.05 bits per heavy atom. The highest BCUT2D eigenvalue weighted by atomic mass is 16.7. The van der Waals surface area contributed by atoms with Crippen LogP contribution in [-0.2, 0) is 69.1 Å². The first-order valence-corrected chi connectivity index (χ1v) is 17.6. The average molecular weight is 754 g/mol. The molecule has 286 valence electrons. The van der Waals surface area contributed by atoms with Crippen LogP contribution < -0.4 is 16.2 Å². The molecule has 2 aromatic carbocycles. The van der Waals surface area contributed by atoms with Crippen LogP contribution in [0.25, 0.3) is 22.3 Å². The Labute approximate surface area is 314 Å². The third kappa shape index (κ3) is 8.54. The van der Waals surface area contributed by atoms with Gasteiger partial charge in [0.05, 0.1) is 35.6 Å². The number of nitrogens with zero attached hydrogens (tertiary/aromatic N) is 3. The molecule has 4 heterocycles. The summed E-state index contributed by atoms with van der Waals surface area (Å²) in [5, 5.41) is 5.88. The zero-order valence-electron chi connectivity index (χ0n) is 30.4. The average Bonchev–Trinajstić information content (AvgIpc) is 3.53. The van der Waals surface area contributed by atoms with E-state index in [1.54, 1.807) is 46.7 Å². The van der Waals surface area contributed by atoms with Gasteiger partial charge in [-0.25, -0.2) is 14.6 Å². The van der Waals surface area contributed by atoms with E-state index in [4.69, 9.17) is 23.9 Å². The predicted molar refractivity (Wildman–Crippen MR) is 196 cm³/mol. The van der Waals surface area contributed by atoms with Gasteiger partial charge in [0.15, 0.2) is 0 Å². The van der Waals surface area contributed by atoms with Gasteiger partial charge < -0.3 is 43.8 Å². The lowest BCUT2D eigenvalue weighted by atomic mass is 9.96. The molecule has 1 atom stereocenters. The summed E-state index contributed by atoms with van der Waals surface area (Å²) in [6, 6.07) is 15.6. The Bertz CT molecular complexity index is 2230. The number of fused-ring (bicyclic) bond motifs is 5. The van der Waals surface area contributed by atoms with Crippen molar-refractivity contribution in [1.82, 2.24) is 19.8 Å². The molecule has 0 fully saturated rings. The van der Waals surface area contributed by atoms with Gasteiger partial charge in [0.2, 0.25) is 23.8 Å². The number of aromatic nitrogens is 2. The third-order valence-electron chi connectivity index (χ3n) is 9.26. The molecule has 4 aromatic rings. The second-order valence-electron chi connectivity index (χ2n) is 13.2. The van der Waals surface area contributed by atoms with Crippen molar-refractivity contribution in [2.24, 2.45) is 0 Å². The smallest absolute Gasteiger partial charge is 0.458 e. The lowest BCUT2D eigenvalue weighted by Gasteiger charge is -2.26. The number of carbonyl (C=O) groups excluding carboxylic acids is 6. The van der Waals surface area contributed by atoms with E-state index in [1.807, 2.05) is 38.1 Å². The Kier molecular flexibility index (Phi) is 11.6. The Balaban J connectivity index is 1.15. The molecule has 0 aliphatic carbocycles. The number of anilines is 1. The number of hydrogen-bond donors (Lipinski definition) is 2. The summed E-state index contributed by atoms with van der Waals surface area (Å²) < 4.78 is 22.4. The molecule has 2 aromatic heterocycles. The van der Waals surface area contributed by atoms with E-state index in [2.05, 4.69) is 10.6 Å². The van der Waals surface area contributed by atoms with E-state index in [-0.39, 0.29) is 62.6 Å². The van der Waals surface area contributed by atoms with Gasteiger partial charge in [-0.15, -0.1) is 0 Å². The Hall–Kier alpha value is -6.42. The van der Waals surface area contributed by atoms with Crippen LogP contribution in [0.15, 0.2) is 59.4 Å². The molecule has 3 amide bonds. The number of benzene rings is 2. The summed E-state index contributed by atoms with van der Waals surface area (Å²) in [7, 11) is 0. The van der Waals surface area contributed by atoms with E-state index in [0.717, 1.165) is 16.5 Å². The SMILES string of the molecule is CC(=O)N(CCc1c2c(nc3ccccc13)-c1cc3c(c(=O)n1C2)COC(=O)[C@H]3OC(=O)OCc1ccc(NC(=O)CNC(=O)COCC=O)cc1)C(C)C. The molecule has 6 rings (SSSR count). The largest absolute Gasteiger partial charge is 0.509 e. The van der Waals surface area contributed by atoms with E-state index in [0.29, 0.717) is 47.4 Å². The van der Waals surface area contributed by atoms with Crippen molar-refractivity contribution in [3.63, 3.8) is 0 Å². The number of nitrogens with one attached hydrogen (secondary N) is 2. The van der Waals surface area contributed by atoms with Crippen LogP contribution in [0.4, 0.5) is 10.5 Å². The van der Waals surface area contributed by atoms with Gasteiger partial charge >= 0.3 is 12.1 Å². The zero-order valence-corrected chi connectivity index (χ0v) is 30.4. The normalized spacial score (nSPS) is 14.0. The van der Waals surface area contributed by atoms with Crippen molar-refractivity contribution in [2.45, 2.75) is 59.1 Å². The molecular formula is C39H39N5O11. The zero-order chi connectivity index (χ0) is 39.2. The molecule has 16 nitrogen and oxygen atoms in total. The second-order valence-corrected chi connectivity index (χ2v) is 13.2. The van der Waals surface area contributed by atoms with Crippen LogP contribution in [0.5, 0.6) is 0 Å². The van der Waals surface area contributed by atoms with Gasteiger partial charge in [-0.05, 0) is 55.7 Å². The molecule has 0 bridgehead atoms. The molecule has 2 N–H and O–H groups in total. The molecule has 0 saturated carbocycles. The van der Waals surface area contributed by atoms with Crippen molar-refractivity contribution in [3.05, 3.63) is 92.8 Å². The number of aldehydes is 1. The number of para-hydroxylation sites is 1. The number of ether oxygens (including phenoxy) is 4. The lowest BCUT2D eigenvalue weighted by Crippen LogP contribution is -2.36. The van der Waals surface area contributed by atoms with Crippen LogP contribution in [0.2, 0.25) is 0 Å². The van der Waals surface area contributed by atoms with Gasteiger partial charge in [-0.3, -0.25) is 19.2 Å². The summed E-state index contributed by atoms with van der Waals surface area (Å²) in [5.74, 6) is -1.95. The number of cyclic esters (lactones) is 1. The quantitative estimate of drug-likeness (QED) is 0.0956. The van der Waals surface area contributed by atoms with Crippen molar-refractivity contribution >= 4 is 52.7 Å². The van der Waals surface area contributed by atoms with Gasteiger partial charge in [0, 0.05) is 41.7 Å². The minimum absolute atomic E-state index is 0.00284. The lowest BCUT2D eigenvalue weighted by molar-refractivity contribution is -0.159. The standard InChI is InChI=1S/C39H39N5O11/c1-22(2)43(23(3)46)13-12-26-27-6-4-5-7-31(27)42-35-29(26)18-44-32(35)16-28-30(37(44)49)20-53-38(50)36(28)55-39(51)54-19-24-8-10-25(11-9-24)41-33(47)17-40-34(48)21-52-15-14-45/h4-11,14,16,22,36H,12-13,15,17-21H2,1-3H3,(H,40,48)(H,41,47)/t36-/m0/s1. The molecule has 2 aliphatic heterocycles. The summed E-state index contributed by atoms with van der Waals surface area (Å²) in [4.78, 5) is 93.0. The predicted octanol–water partition coefficient (Wildman–Crippen LogP) is 2.95. The minimum Gasteiger partial charge on any atom is -0.458 e. The van der Waals surface area contributed by atoms with Gasteiger partial charge in [0.1, 0.15) is 32.7 Å². The monoisotopic (exact) mass is 753 g/mol. The molecule has 55 heavy (non-hydrogen) atoms. The van der Waals surface area contributed by atoms with Crippen LogP contribution in [0, 0.1) is 0 Å². The van der Waals surface area contributed by atoms with E-state index < -0.39 is 35.6 Å². The topological polar surface area (TPSA) is 202 Å². The number of esters is 1. The van der Waals surface area contributed by atoms with Crippen LogP contribution in [0.3, 0.4) is 0 Å². The fourth-order valence-electron chi connectivity index (χ4n) is 6.65. The molecular weight excluding hydrogens is 714 g/mol. The van der Waals surface area contributed by atoms with Crippen LogP contribution in [-0.4, -0.2) is 82.9 Å². The maximum Gasteiger partial charge on any atom is 0.509 e. The summed E-state index contributed by atoms with van der Waals surface area (Å²) in [5.41, 5.74) is 4.44. The number of carbonyl (C=O) groups is 6. The Morgan fingerprint density at radius 2 is 1.82 bits per heavy atom. The van der Waals surface area contributed by atoms with E-state index in [1.165, 1.54) is 0 Å². The van der Waals surface area contributed by atoms with Gasteiger partial charge in [-0.2, -0.15) is 0 Å². The molecule has 0 radical (unpaired) electrons. The van der Waals surface area contributed by atoms with Crippen LogP contribution >= 0.6 is 0 Å². The Morgan fingerprint density at radius 3 is 2.55 bits per heavy atom. The molecule has 16 heteroatoms. The highest BCUT2D eigenvalue weighted by Crippen LogP contribution is 2.39. The number of rotatable bonds is 14. The fraction of sp³-hybridized carbons (Fsp3) is 0.333. The fourth-order valence-corrected chi connectivity index (χ4v) is 6.65. The first kappa shape index (κ1) is 38.3. The summed E-state index contributed by atoms with van der Waals surface area (Å²) >= 11 is 0. The van der Waals surface area contributed by atoms with Crippen LogP contribution in [0.1, 0.15) is 54.7 Å². The van der Waals surface area contributed by atoms with E-state index >= 15 is 0 Å². The molecule has 0 unspecified atom stereocenters. The van der Waals surface area contributed by atoms with Crippen molar-refractivity contribution in [1.29, 1.82) is 0 Å². The highest BCUT2D eigenvalue weighted by Gasteiger charge is 2.38. The minimum atomic E-state index is -1.57. The van der Waals surface area contributed by atoms with Crippen molar-refractivity contribution in [2.75, 3.05) is 31.6 Å². The third-order valence-corrected chi connectivity index (χ3v) is 9.26. The van der Waals surface area contributed by atoms with Crippen molar-refractivity contribution in [3.8, 4) is 11.4 Å². The molecule has 0 saturated heterocycles. The highest BCUT2D eigenvalue weighted by molar-refractivity contribution is 5.94. The number of pyridine rings is 2. The first-order valence-electron chi connectivity index (χ1n) is 17.6. The molecule has 2 aliphatic rings. The summed E-state index contributed by atoms with van der Waals surface area (Å²) in [6.45, 7) is 4.72. The maximum absolute atomic E-state index is 13.9.